The Labute approximate surface area is 72.6 Å². The molecule has 2 aromatic heterocycles. The minimum Gasteiger partial charge on any atom is -0.383 e. The summed E-state index contributed by atoms with van der Waals surface area (Å²) in [5.41, 5.74) is 5.68. The number of imidazole rings is 1. The number of nitrogens with zero attached hydrogens (tertiary/aromatic N) is 2. The lowest BCUT2D eigenvalue weighted by molar-refractivity contribution is 0.630. The van der Waals surface area contributed by atoms with Gasteiger partial charge in [0.15, 0.2) is 11.5 Å². The maximum Gasteiger partial charge on any atom is 0.174 e. The van der Waals surface area contributed by atoms with Crippen molar-refractivity contribution < 1.29 is 4.39 Å². The molecular weight excluding hydrogens is 181 g/mol. The maximum absolute atomic E-state index is 13.0. The van der Waals surface area contributed by atoms with Gasteiger partial charge < -0.3 is 5.73 Å². The predicted octanol–water partition coefficient (Wildman–Crippen LogP) is 1.71. The Kier molecular flexibility index (Phi) is 1.44. The largest absolute Gasteiger partial charge is 0.383 e. The van der Waals surface area contributed by atoms with E-state index in [0.29, 0.717) is 10.8 Å². The van der Waals surface area contributed by atoms with Gasteiger partial charge in [0, 0.05) is 6.20 Å². The molecule has 0 atom stereocenters. The van der Waals surface area contributed by atoms with Crippen molar-refractivity contribution in [3.63, 3.8) is 0 Å². The highest BCUT2D eigenvalue weighted by Crippen LogP contribution is 2.17. The Balaban J connectivity index is 2.92. The van der Waals surface area contributed by atoms with Crippen LogP contribution in [0, 0.1) is 5.82 Å². The first-order valence-corrected chi connectivity index (χ1v) is 3.64. The summed E-state index contributed by atoms with van der Waals surface area (Å²) in [6, 6.07) is 1.20. The van der Waals surface area contributed by atoms with Gasteiger partial charge in [0.1, 0.15) is 5.82 Å². The molecule has 3 nitrogen and oxygen atoms in total. The third-order valence-electron chi connectivity index (χ3n) is 1.56. The fraction of sp³-hybridized carbons (Fsp3) is 0. The number of anilines is 1. The fourth-order valence-corrected chi connectivity index (χ4v) is 1.23. The highest BCUT2D eigenvalue weighted by molar-refractivity contribution is 6.30. The molecule has 0 radical (unpaired) electrons. The van der Waals surface area contributed by atoms with Gasteiger partial charge in [0.2, 0.25) is 0 Å². The number of aromatic nitrogens is 2. The molecule has 0 saturated carbocycles. The Bertz CT molecular complexity index is 437. The number of nitrogens with two attached hydrogens (primary N) is 1. The van der Waals surface area contributed by atoms with Gasteiger partial charge in [0.05, 0.1) is 11.2 Å². The lowest BCUT2D eigenvalue weighted by Gasteiger charge is -1.97. The first kappa shape index (κ1) is 7.36. The number of hydrogen-bond acceptors (Lipinski definition) is 2. The Morgan fingerprint density at radius 1 is 1.58 bits per heavy atom. The quantitative estimate of drug-likeness (QED) is 0.679. The second-order valence-corrected chi connectivity index (χ2v) is 2.82. The van der Waals surface area contributed by atoms with Crippen molar-refractivity contribution in [2.24, 2.45) is 0 Å². The van der Waals surface area contributed by atoms with Gasteiger partial charge >= 0.3 is 0 Å². The molecule has 0 amide bonds. The topological polar surface area (TPSA) is 43.3 Å². The molecule has 2 aromatic rings. The van der Waals surface area contributed by atoms with E-state index in [0.717, 1.165) is 0 Å². The molecule has 0 spiro atoms. The summed E-state index contributed by atoms with van der Waals surface area (Å²) in [4.78, 5) is 3.76. The van der Waals surface area contributed by atoms with Crippen molar-refractivity contribution in [2.75, 3.05) is 5.73 Å². The summed E-state index contributed by atoms with van der Waals surface area (Å²) in [6.07, 6.45) is 2.90. The minimum absolute atomic E-state index is 0.192. The van der Waals surface area contributed by atoms with Gasteiger partial charge in [0.25, 0.3) is 0 Å². The van der Waals surface area contributed by atoms with Crippen LogP contribution in [0.4, 0.5) is 10.2 Å². The monoisotopic (exact) mass is 185 g/mol. The standard InChI is InChI=1S/C7H5ClFN3/c8-4-1-5(9)7-11-2-6(10)12(7)3-4/h1-3H,10H2. The summed E-state index contributed by atoms with van der Waals surface area (Å²) in [5.74, 6) is -0.106. The Morgan fingerprint density at radius 2 is 2.33 bits per heavy atom. The number of halogens is 2. The highest BCUT2D eigenvalue weighted by Gasteiger charge is 2.05. The summed E-state index contributed by atoms with van der Waals surface area (Å²) < 4.78 is 14.4. The Hall–Kier alpha value is -1.29. The normalized spacial score (nSPS) is 10.8. The first-order chi connectivity index (χ1) is 5.68. The molecule has 2 rings (SSSR count). The van der Waals surface area contributed by atoms with Crippen molar-refractivity contribution in [1.82, 2.24) is 9.38 Å². The molecule has 0 aliphatic rings. The van der Waals surface area contributed by atoms with E-state index in [1.165, 1.54) is 22.9 Å². The third-order valence-corrected chi connectivity index (χ3v) is 1.76. The van der Waals surface area contributed by atoms with Crippen molar-refractivity contribution in [2.45, 2.75) is 0 Å². The molecule has 0 fully saturated rings. The number of hydrogen-bond donors (Lipinski definition) is 1. The second kappa shape index (κ2) is 2.35. The second-order valence-electron chi connectivity index (χ2n) is 2.38. The molecule has 2 heterocycles. The van der Waals surface area contributed by atoms with Crippen molar-refractivity contribution >= 4 is 23.1 Å². The maximum atomic E-state index is 13.0. The van der Waals surface area contributed by atoms with Crippen LogP contribution in [0.1, 0.15) is 0 Å². The van der Waals surface area contributed by atoms with E-state index < -0.39 is 5.82 Å². The fourth-order valence-electron chi connectivity index (χ4n) is 1.03. The smallest absolute Gasteiger partial charge is 0.174 e. The summed E-state index contributed by atoms with van der Waals surface area (Å²) in [6.45, 7) is 0. The zero-order chi connectivity index (χ0) is 8.72. The van der Waals surface area contributed by atoms with E-state index in [1.807, 2.05) is 0 Å². The van der Waals surface area contributed by atoms with Gasteiger partial charge in [-0.05, 0) is 6.07 Å². The average molecular weight is 186 g/mol. The molecule has 0 saturated heterocycles. The number of fused-ring (bicyclic) bond motifs is 1. The van der Waals surface area contributed by atoms with Crippen LogP contribution in [0.5, 0.6) is 0 Å². The lowest BCUT2D eigenvalue weighted by Crippen LogP contribution is -1.93. The third kappa shape index (κ3) is 0.921. The summed E-state index contributed by atoms with van der Waals surface area (Å²) in [7, 11) is 0. The van der Waals surface area contributed by atoms with Crippen molar-refractivity contribution in [3.8, 4) is 0 Å². The van der Waals surface area contributed by atoms with E-state index in [-0.39, 0.29) is 5.65 Å². The summed E-state index contributed by atoms with van der Waals surface area (Å²) >= 11 is 5.61. The van der Waals surface area contributed by atoms with E-state index >= 15 is 0 Å². The zero-order valence-electron chi connectivity index (χ0n) is 5.96. The van der Waals surface area contributed by atoms with E-state index in [1.54, 1.807) is 0 Å². The molecular formula is C7H5ClFN3. The molecule has 0 bridgehead atoms. The molecule has 0 aliphatic carbocycles. The molecule has 0 unspecified atom stereocenters. The van der Waals surface area contributed by atoms with Crippen LogP contribution in [-0.2, 0) is 0 Å². The van der Waals surface area contributed by atoms with Gasteiger partial charge in [-0.3, -0.25) is 4.40 Å². The molecule has 2 N–H and O–H groups in total. The summed E-state index contributed by atoms with van der Waals surface area (Å²) in [5, 5.41) is 0.296. The number of nitrogen functional groups attached to an aromatic ring is 1. The molecule has 62 valence electrons. The van der Waals surface area contributed by atoms with E-state index in [2.05, 4.69) is 4.98 Å². The van der Waals surface area contributed by atoms with E-state index in [4.69, 9.17) is 17.3 Å². The van der Waals surface area contributed by atoms with Gasteiger partial charge in [-0.1, -0.05) is 11.6 Å². The van der Waals surface area contributed by atoms with Crippen LogP contribution in [0.15, 0.2) is 18.5 Å². The van der Waals surface area contributed by atoms with Crippen LogP contribution < -0.4 is 5.73 Å². The first-order valence-electron chi connectivity index (χ1n) is 3.26. The van der Waals surface area contributed by atoms with Crippen LogP contribution in [0.3, 0.4) is 0 Å². The van der Waals surface area contributed by atoms with Gasteiger partial charge in [-0.15, -0.1) is 0 Å². The molecule has 0 aromatic carbocycles. The number of rotatable bonds is 0. The lowest BCUT2D eigenvalue weighted by atomic mass is 10.4. The Morgan fingerprint density at radius 3 is 3.08 bits per heavy atom. The van der Waals surface area contributed by atoms with Crippen LogP contribution in [0.25, 0.3) is 5.65 Å². The molecule has 5 heteroatoms. The van der Waals surface area contributed by atoms with Crippen LogP contribution >= 0.6 is 11.6 Å². The average Bonchev–Trinajstić information content (AvgIpc) is 2.33. The SMILES string of the molecule is Nc1cnc2c(F)cc(Cl)cn12. The van der Waals surface area contributed by atoms with Crippen molar-refractivity contribution in [3.05, 3.63) is 29.3 Å². The van der Waals surface area contributed by atoms with Crippen LogP contribution in [0.2, 0.25) is 5.02 Å². The number of pyridine rings is 1. The molecule has 12 heavy (non-hydrogen) atoms. The zero-order valence-corrected chi connectivity index (χ0v) is 6.72. The predicted molar refractivity (Wildman–Crippen MR) is 44.6 cm³/mol. The van der Waals surface area contributed by atoms with E-state index in [9.17, 15) is 4.39 Å². The van der Waals surface area contributed by atoms with Crippen LogP contribution in [-0.4, -0.2) is 9.38 Å². The highest BCUT2D eigenvalue weighted by atomic mass is 35.5. The molecule has 0 aliphatic heterocycles. The van der Waals surface area contributed by atoms with Gasteiger partial charge in [-0.25, -0.2) is 9.37 Å². The van der Waals surface area contributed by atoms with Crippen molar-refractivity contribution in [1.29, 1.82) is 0 Å². The minimum atomic E-state index is -0.473. The van der Waals surface area contributed by atoms with Gasteiger partial charge in [-0.2, -0.15) is 0 Å².